The van der Waals surface area contributed by atoms with Gasteiger partial charge in [0.05, 0.1) is 0 Å². The van der Waals surface area contributed by atoms with Gasteiger partial charge in [0.1, 0.15) is 6.04 Å². The zero-order chi connectivity index (χ0) is 14.5. The number of amides is 1. The number of aliphatic carboxylic acids is 1. The molecule has 0 aliphatic rings. The Morgan fingerprint density at radius 3 is 1.76 bits per heavy atom. The molecule has 6 heteroatoms. The summed E-state index contributed by atoms with van der Waals surface area (Å²) in [6.07, 6.45) is 11.3. The first-order chi connectivity index (χ1) is 9.07. The van der Waals surface area contributed by atoms with Gasteiger partial charge in [-0.3, -0.25) is 9.59 Å². The second kappa shape index (κ2) is 19.0. The summed E-state index contributed by atoms with van der Waals surface area (Å²) in [4.78, 5) is 21.9. The van der Waals surface area contributed by atoms with Crippen LogP contribution in [0, 0.1) is 0 Å². The van der Waals surface area contributed by atoms with E-state index in [0.29, 0.717) is 6.42 Å². The van der Waals surface area contributed by atoms with Gasteiger partial charge in [-0.05, 0) is 13.3 Å². The Morgan fingerprint density at radius 1 is 0.905 bits per heavy atom. The molecule has 0 fully saturated rings. The molecule has 1 atom stereocenters. The van der Waals surface area contributed by atoms with Crippen LogP contribution in [-0.2, 0) is 9.59 Å². The first-order valence-corrected chi connectivity index (χ1v) is 7.60. The summed E-state index contributed by atoms with van der Waals surface area (Å²) in [5, 5.41) is 11.1. The van der Waals surface area contributed by atoms with Crippen LogP contribution in [0.15, 0.2) is 0 Å². The Kier molecular flexibility index (Phi) is 24.2. The summed E-state index contributed by atoms with van der Waals surface area (Å²) < 4.78 is 0. The van der Waals surface area contributed by atoms with Gasteiger partial charge in [0.25, 0.3) is 0 Å². The van der Waals surface area contributed by atoms with Gasteiger partial charge in [-0.15, -0.1) is 0 Å². The molecule has 0 spiro atoms. The van der Waals surface area contributed by atoms with Crippen LogP contribution in [-0.4, -0.2) is 82.1 Å². The molecule has 4 nitrogen and oxygen atoms in total. The van der Waals surface area contributed by atoms with Crippen LogP contribution in [0.1, 0.15) is 78.1 Å². The number of hydrogen-bond acceptors (Lipinski definition) is 2. The van der Waals surface area contributed by atoms with Gasteiger partial charge in [-0.25, -0.2) is 0 Å². The molecule has 0 aliphatic carbocycles. The van der Waals surface area contributed by atoms with E-state index in [9.17, 15) is 9.59 Å². The molecule has 0 heterocycles. The van der Waals surface area contributed by atoms with Crippen molar-refractivity contribution < 1.29 is 14.7 Å². The number of carbonyl (C=O) groups is 2. The van der Waals surface area contributed by atoms with Crippen LogP contribution >= 0.6 is 0 Å². The summed E-state index contributed by atoms with van der Waals surface area (Å²) >= 11 is 0. The minimum atomic E-state index is -0.986. The molecular formula is C15H31NNa2O3. The molecule has 0 bridgehead atoms. The zero-order valence-electron chi connectivity index (χ0n) is 12.4. The fraction of sp³-hybridized carbons (Fsp3) is 0.867. The molecule has 1 unspecified atom stereocenters. The van der Waals surface area contributed by atoms with Gasteiger partial charge < -0.3 is 10.4 Å². The predicted molar refractivity (Wildman–Crippen MR) is 91.4 cm³/mol. The Bertz CT molecular complexity index is 263. The molecule has 2 N–H and O–H groups in total. The van der Waals surface area contributed by atoms with E-state index in [0.717, 1.165) is 12.8 Å². The Morgan fingerprint density at radius 2 is 1.33 bits per heavy atom. The Labute approximate surface area is 173 Å². The first kappa shape index (κ1) is 26.8. The molecule has 0 saturated heterocycles. The third-order valence-electron chi connectivity index (χ3n) is 3.26. The minimum absolute atomic E-state index is 0. The van der Waals surface area contributed by atoms with Crippen LogP contribution in [0.25, 0.3) is 0 Å². The van der Waals surface area contributed by atoms with Crippen LogP contribution < -0.4 is 5.32 Å². The fourth-order valence-corrected chi connectivity index (χ4v) is 1.97. The molecule has 116 valence electrons. The van der Waals surface area contributed by atoms with Gasteiger partial charge in [0.15, 0.2) is 0 Å². The van der Waals surface area contributed by atoms with Gasteiger partial charge >= 0.3 is 65.1 Å². The monoisotopic (exact) mass is 319 g/mol. The van der Waals surface area contributed by atoms with E-state index in [1.807, 2.05) is 0 Å². The van der Waals surface area contributed by atoms with E-state index in [4.69, 9.17) is 5.11 Å². The number of carboxylic acid groups (broad SMARTS) is 1. The maximum absolute atomic E-state index is 11.4. The molecule has 21 heavy (non-hydrogen) atoms. The van der Waals surface area contributed by atoms with E-state index in [-0.39, 0.29) is 65.0 Å². The fourth-order valence-electron chi connectivity index (χ4n) is 1.97. The zero-order valence-corrected chi connectivity index (χ0v) is 12.4. The normalized spacial score (nSPS) is 11.0. The molecular weight excluding hydrogens is 288 g/mol. The summed E-state index contributed by atoms with van der Waals surface area (Å²) in [5.74, 6) is -1.14. The number of carboxylic acids is 1. The van der Waals surface area contributed by atoms with Crippen molar-refractivity contribution in [2.45, 2.75) is 84.1 Å². The molecule has 1 amide bonds. The van der Waals surface area contributed by atoms with Crippen molar-refractivity contribution in [3.63, 3.8) is 0 Å². The van der Waals surface area contributed by atoms with E-state index < -0.39 is 12.0 Å². The second-order valence-corrected chi connectivity index (χ2v) is 5.21. The van der Waals surface area contributed by atoms with E-state index >= 15 is 0 Å². The first-order valence-electron chi connectivity index (χ1n) is 7.60. The molecule has 0 aromatic rings. The molecule has 0 aliphatic heterocycles. The average molecular weight is 319 g/mol. The third-order valence-corrected chi connectivity index (χ3v) is 3.26. The van der Waals surface area contributed by atoms with Gasteiger partial charge in [-0.2, -0.15) is 0 Å². The summed E-state index contributed by atoms with van der Waals surface area (Å²) in [7, 11) is 0. The van der Waals surface area contributed by atoms with Crippen molar-refractivity contribution in [3.8, 4) is 0 Å². The van der Waals surface area contributed by atoms with Crippen LogP contribution in [0.4, 0.5) is 0 Å². The van der Waals surface area contributed by atoms with Crippen molar-refractivity contribution in [1.29, 1.82) is 0 Å². The second-order valence-electron chi connectivity index (χ2n) is 5.21. The standard InChI is InChI=1S/C15H29NO3.2Na.2H/c1-3-4-5-6-7-8-9-10-11-12-14(17)16-13(2)15(18)19;;;;/h13H,3-12H2,1-2H3,(H,16,17)(H,18,19);;;;. The number of nitrogens with one attached hydrogen (secondary N) is 1. The topological polar surface area (TPSA) is 66.4 Å². The van der Waals surface area contributed by atoms with Crippen molar-refractivity contribution >= 4 is 71.0 Å². The summed E-state index contributed by atoms with van der Waals surface area (Å²) in [5.41, 5.74) is 0. The van der Waals surface area contributed by atoms with Gasteiger partial charge in [0, 0.05) is 6.42 Å². The molecule has 0 aromatic heterocycles. The number of rotatable bonds is 12. The van der Waals surface area contributed by atoms with E-state index in [1.165, 1.54) is 51.9 Å². The van der Waals surface area contributed by atoms with Gasteiger partial charge in [-0.1, -0.05) is 58.3 Å². The van der Waals surface area contributed by atoms with E-state index in [2.05, 4.69) is 12.2 Å². The van der Waals surface area contributed by atoms with Crippen LogP contribution in [0.2, 0.25) is 0 Å². The maximum atomic E-state index is 11.4. The van der Waals surface area contributed by atoms with Gasteiger partial charge in [0.2, 0.25) is 5.91 Å². The average Bonchev–Trinajstić information content (AvgIpc) is 2.36. The van der Waals surface area contributed by atoms with E-state index in [1.54, 1.807) is 0 Å². The molecule has 0 radical (unpaired) electrons. The third kappa shape index (κ3) is 18.9. The number of unbranched alkanes of at least 4 members (excludes halogenated alkanes) is 8. The quantitative estimate of drug-likeness (QED) is 0.428. The van der Waals surface area contributed by atoms with Crippen molar-refractivity contribution in [1.82, 2.24) is 5.32 Å². The van der Waals surface area contributed by atoms with Crippen molar-refractivity contribution in [2.75, 3.05) is 0 Å². The summed E-state index contributed by atoms with van der Waals surface area (Å²) in [6.45, 7) is 3.70. The van der Waals surface area contributed by atoms with Crippen molar-refractivity contribution in [2.24, 2.45) is 0 Å². The molecule has 0 aromatic carbocycles. The Balaban J connectivity index is -0.00000162. The number of carbonyl (C=O) groups excluding carboxylic acids is 1. The molecule has 0 rings (SSSR count). The SMILES string of the molecule is CCCCCCCCCCCC(=O)NC(C)C(=O)O.[NaH].[NaH]. The van der Waals surface area contributed by atoms with Crippen molar-refractivity contribution in [3.05, 3.63) is 0 Å². The predicted octanol–water partition coefficient (Wildman–Crippen LogP) is 2.20. The summed E-state index contributed by atoms with van der Waals surface area (Å²) in [6, 6.07) is -0.786. The number of hydrogen-bond donors (Lipinski definition) is 2. The molecule has 0 saturated carbocycles. The Hall–Kier alpha value is 0.940. The van der Waals surface area contributed by atoms with Crippen LogP contribution in [0.3, 0.4) is 0 Å². The van der Waals surface area contributed by atoms with Crippen LogP contribution in [0.5, 0.6) is 0 Å².